The monoisotopic (exact) mass is 274 g/mol. The SMILES string of the molecule is O=C(O)c1cnc(C2CSc3ccccc3O2)nc1. The summed E-state index contributed by atoms with van der Waals surface area (Å²) in [6.45, 7) is 0. The lowest BCUT2D eigenvalue weighted by Gasteiger charge is -2.24. The molecule has 0 radical (unpaired) electrons. The van der Waals surface area contributed by atoms with Crippen LogP contribution in [0.25, 0.3) is 0 Å². The van der Waals surface area contributed by atoms with Crippen LogP contribution < -0.4 is 4.74 Å². The number of aromatic nitrogens is 2. The van der Waals surface area contributed by atoms with E-state index in [0.717, 1.165) is 10.6 Å². The Balaban J connectivity index is 1.83. The second-order valence-electron chi connectivity index (χ2n) is 4.00. The minimum atomic E-state index is -1.03. The molecule has 2 aromatic rings. The smallest absolute Gasteiger partial charge is 0.338 e. The van der Waals surface area contributed by atoms with E-state index in [-0.39, 0.29) is 11.7 Å². The molecule has 6 heteroatoms. The maximum atomic E-state index is 10.7. The number of rotatable bonds is 2. The first-order chi connectivity index (χ1) is 9.24. The van der Waals surface area contributed by atoms with Crippen LogP contribution in [0.2, 0.25) is 0 Å². The topological polar surface area (TPSA) is 72.3 Å². The lowest BCUT2D eigenvalue weighted by molar-refractivity contribution is 0.0695. The van der Waals surface area contributed by atoms with Crippen LogP contribution in [-0.4, -0.2) is 26.8 Å². The summed E-state index contributed by atoms with van der Waals surface area (Å²) in [7, 11) is 0. The zero-order chi connectivity index (χ0) is 13.2. The minimum absolute atomic E-state index is 0.0765. The molecular formula is C13H10N2O3S. The van der Waals surface area contributed by atoms with E-state index in [9.17, 15) is 4.79 Å². The molecule has 5 nitrogen and oxygen atoms in total. The molecule has 1 aromatic carbocycles. The van der Waals surface area contributed by atoms with Crippen LogP contribution in [-0.2, 0) is 0 Å². The largest absolute Gasteiger partial charge is 0.480 e. The summed E-state index contributed by atoms with van der Waals surface area (Å²) in [6, 6.07) is 7.79. The number of hydrogen-bond donors (Lipinski definition) is 1. The Bertz CT molecular complexity index is 616. The van der Waals surface area contributed by atoms with Gasteiger partial charge in [-0.25, -0.2) is 14.8 Å². The highest BCUT2D eigenvalue weighted by Gasteiger charge is 2.23. The maximum Gasteiger partial charge on any atom is 0.338 e. The number of benzene rings is 1. The van der Waals surface area contributed by atoms with Crippen molar-refractivity contribution in [3.63, 3.8) is 0 Å². The third kappa shape index (κ3) is 2.39. The average Bonchev–Trinajstić information content (AvgIpc) is 2.47. The Morgan fingerprint density at radius 1 is 1.32 bits per heavy atom. The molecule has 96 valence electrons. The molecule has 0 fully saturated rings. The fourth-order valence-electron chi connectivity index (χ4n) is 1.76. The first-order valence-corrected chi connectivity index (χ1v) is 6.66. The van der Waals surface area contributed by atoms with Gasteiger partial charge in [-0.05, 0) is 12.1 Å². The van der Waals surface area contributed by atoms with Crippen molar-refractivity contribution in [2.45, 2.75) is 11.0 Å². The molecule has 2 heterocycles. The van der Waals surface area contributed by atoms with Gasteiger partial charge in [-0.15, -0.1) is 11.8 Å². The molecule has 1 atom stereocenters. The number of carbonyl (C=O) groups is 1. The van der Waals surface area contributed by atoms with Crippen molar-refractivity contribution in [3.8, 4) is 5.75 Å². The van der Waals surface area contributed by atoms with Crippen molar-refractivity contribution >= 4 is 17.7 Å². The van der Waals surface area contributed by atoms with Crippen molar-refractivity contribution in [3.05, 3.63) is 48.0 Å². The van der Waals surface area contributed by atoms with Gasteiger partial charge >= 0.3 is 5.97 Å². The van der Waals surface area contributed by atoms with E-state index in [0.29, 0.717) is 11.6 Å². The van der Waals surface area contributed by atoms with Crippen molar-refractivity contribution < 1.29 is 14.6 Å². The number of fused-ring (bicyclic) bond motifs is 1. The molecule has 1 aliphatic heterocycles. The predicted octanol–water partition coefficient (Wildman–Crippen LogP) is 2.40. The molecule has 0 aliphatic carbocycles. The fraction of sp³-hybridized carbons (Fsp3) is 0.154. The summed E-state index contributed by atoms with van der Waals surface area (Å²) < 4.78 is 5.83. The molecular weight excluding hydrogens is 264 g/mol. The number of carboxylic acids is 1. The molecule has 1 unspecified atom stereocenters. The molecule has 0 saturated heterocycles. The number of ether oxygens (including phenoxy) is 1. The van der Waals surface area contributed by atoms with Crippen LogP contribution in [0.15, 0.2) is 41.6 Å². The van der Waals surface area contributed by atoms with Crippen molar-refractivity contribution in [1.82, 2.24) is 9.97 Å². The van der Waals surface area contributed by atoms with E-state index in [1.807, 2.05) is 24.3 Å². The number of para-hydroxylation sites is 1. The maximum absolute atomic E-state index is 10.7. The standard InChI is InChI=1S/C13H10N2O3S/c16-13(17)8-5-14-12(15-6-8)10-7-19-11-4-2-1-3-9(11)18-10/h1-6,10H,7H2,(H,16,17). The molecule has 0 saturated carbocycles. The summed E-state index contributed by atoms with van der Waals surface area (Å²) >= 11 is 1.68. The fourth-order valence-corrected chi connectivity index (χ4v) is 2.74. The van der Waals surface area contributed by atoms with Crippen molar-refractivity contribution in [2.75, 3.05) is 5.75 Å². The summed E-state index contributed by atoms with van der Waals surface area (Å²) in [5.41, 5.74) is 0.0765. The molecule has 3 rings (SSSR count). The summed E-state index contributed by atoms with van der Waals surface area (Å²) in [4.78, 5) is 20.0. The first-order valence-electron chi connectivity index (χ1n) is 5.68. The number of hydrogen-bond acceptors (Lipinski definition) is 5. The Morgan fingerprint density at radius 2 is 2.05 bits per heavy atom. The molecule has 1 N–H and O–H groups in total. The number of carboxylic acid groups (broad SMARTS) is 1. The van der Waals surface area contributed by atoms with Gasteiger partial charge in [-0.1, -0.05) is 12.1 Å². The van der Waals surface area contributed by atoms with Gasteiger partial charge in [0.15, 0.2) is 11.9 Å². The predicted molar refractivity (Wildman–Crippen MR) is 69.5 cm³/mol. The van der Waals surface area contributed by atoms with Gasteiger partial charge in [0.25, 0.3) is 0 Å². The van der Waals surface area contributed by atoms with Crippen LogP contribution >= 0.6 is 11.8 Å². The van der Waals surface area contributed by atoms with Gasteiger partial charge in [0.2, 0.25) is 0 Å². The van der Waals surface area contributed by atoms with Gasteiger partial charge in [-0.2, -0.15) is 0 Å². The second-order valence-corrected chi connectivity index (χ2v) is 5.06. The van der Waals surface area contributed by atoms with Gasteiger partial charge < -0.3 is 9.84 Å². The van der Waals surface area contributed by atoms with Crippen LogP contribution in [0.4, 0.5) is 0 Å². The van der Waals surface area contributed by atoms with Crippen LogP contribution in [0.1, 0.15) is 22.3 Å². The van der Waals surface area contributed by atoms with E-state index in [2.05, 4.69) is 9.97 Å². The Labute approximate surface area is 113 Å². The number of aromatic carboxylic acids is 1. The van der Waals surface area contributed by atoms with Crippen molar-refractivity contribution in [2.24, 2.45) is 0 Å². The Morgan fingerprint density at radius 3 is 2.79 bits per heavy atom. The van der Waals surface area contributed by atoms with E-state index in [4.69, 9.17) is 9.84 Å². The highest BCUT2D eigenvalue weighted by Crippen LogP contribution is 2.39. The van der Waals surface area contributed by atoms with Gasteiger partial charge in [0.05, 0.1) is 5.56 Å². The third-order valence-electron chi connectivity index (χ3n) is 2.72. The molecule has 19 heavy (non-hydrogen) atoms. The molecule has 0 spiro atoms. The highest BCUT2D eigenvalue weighted by molar-refractivity contribution is 7.99. The van der Waals surface area contributed by atoms with Gasteiger partial charge in [0, 0.05) is 23.0 Å². The summed E-state index contributed by atoms with van der Waals surface area (Å²) in [5.74, 6) is 1.00. The van der Waals surface area contributed by atoms with Crippen LogP contribution in [0.5, 0.6) is 5.75 Å². The molecule has 0 bridgehead atoms. The zero-order valence-electron chi connectivity index (χ0n) is 9.81. The van der Waals surface area contributed by atoms with E-state index in [1.54, 1.807) is 11.8 Å². The Kier molecular flexibility index (Phi) is 3.08. The van der Waals surface area contributed by atoms with Crippen LogP contribution in [0.3, 0.4) is 0 Å². The molecule has 1 aromatic heterocycles. The van der Waals surface area contributed by atoms with Gasteiger partial charge in [-0.3, -0.25) is 0 Å². The van der Waals surface area contributed by atoms with E-state index in [1.165, 1.54) is 12.4 Å². The van der Waals surface area contributed by atoms with Crippen molar-refractivity contribution in [1.29, 1.82) is 0 Å². The first kappa shape index (κ1) is 12.0. The zero-order valence-corrected chi connectivity index (χ0v) is 10.6. The normalized spacial score (nSPS) is 17.4. The average molecular weight is 274 g/mol. The number of thioether (sulfide) groups is 1. The Hall–Kier alpha value is -2.08. The quantitative estimate of drug-likeness (QED) is 0.906. The lowest BCUT2D eigenvalue weighted by atomic mass is 10.3. The molecule has 1 aliphatic rings. The lowest BCUT2D eigenvalue weighted by Crippen LogP contribution is -2.18. The van der Waals surface area contributed by atoms with E-state index < -0.39 is 5.97 Å². The second kappa shape index (κ2) is 4.89. The summed E-state index contributed by atoms with van der Waals surface area (Å²) in [6.07, 6.45) is 2.36. The van der Waals surface area contributed by atoms with Crippen LogP contribution in [0, 0.1) is 0 Å². The van der Waals surface area contributed by atoms with E-state index >= 15 is 0 Å². The summed E-state index contributed by atoms with van der Waals surface area (Å²) in [5, 5.41) is 8.80. The highest BCUT2D eigenvalue weighted by atomic mass is 32.2. The molecule has 0 amide bonds. The number of nitrogens with zero attached hydrogens (tertiary/aromatic N) is 2. The van der Waals surface area contributed by atoms with Gasteiger partial charge in [0.1, 0.15) is 5.75 Å². The third-order valence-corrected chi connectivity index (χ3v) is 3.83. The minimum Gasteiger partial charge on any atom is -0.480 e.